The van der Waals surface area contributed by atoms with Crippen molar-refractivity contribution in [3.8, 4) is 0 Å². The molecule has 0 bridgehead atoms. The molecular formula is C24H28N4O4S. The molecule has 0 unspecified atom stereocenters. The van der Waals surface area contributed by atoms with Crippen LogP contribution in [-0.2, 0) is 21.4 Å². The van der Waals surface area contributed by atoms with E-state index in [0.29, 0.717) is 16.6 Å². The fourth-order valence-corrected chi connectivity index (χ4v) is 5.64. The molecule has 0 aliphatic heterocycles. The van der Waals surface area contributed by atoms with E-state index in [0.717, 1.165) is 32.1 Å². The zero-order valence-corrected chi connectivity index (χ0v) is 19.4. The van der Waals surface area contributed by atoms with Crippen LogP contribution in [0, 0.1) is 0 Å². The quantitative estimate of drug-likeness (QED) is 0.573. The van der Waals surface area contributed by atoms with Crippen LogP contribution in [-0.4, -0.2) is 41.3 Å². The SMILES string of the molecule is CN(C1CCCCC1)S(=O)(=O)c1ccc(NC(=O)CCn2cnc3ccccc3c2=O)cc1. The lowest BCUT2D eigenvalue weighted by atomic mass is 9.96. The molecule has 1 aliphatic carbocycles. The zero-order valence-electron chi connectivity index (χ0n) is 18.6. The first-order valence-electron chi connectivity index (χ1n) is 11.2. The molecule has 1 fully saturated rings. The molecule has 1 saturated carbocycles. The number of nitrogens with zero attached hydrogens (tertiary/aromatic N) is 3. The number of rotatable bonds is 7. The van der Waals surface area contributed by atoms with Gasteiger partial charge in [-0.3, -0.25) is 14.2 Å². The van der Waals surface area contributed by atoms with Crippen molar-refractivity contribution in [1.29, 1.82) is 0 Å². The van der Waals surface area contributed by atoms with Crippen molar-refractivity contribution in [2.75, 3.05) is 12.4 Å². The topological polar surface area (TPSA) is 101 Å². The van der Waals surface area contributed by atoms with Crippen LogP contribution in [0.4, 0.5) is 5.69 Å². The molecular weight excluding hydrogens is 440 g/mol. The molecule has 0 spiro atoms. The van der Waals surface area contributed by atoms with Crippen molar-refractivity contribution < 1.29 is 13.2 Å². The Labute approximate surface area is 193 Å². The monoisotopic (exact) mass is 468 g/mol. The summed E-state index contributed by atoms with van der Waals surface area (Å²) in [5.74, 6) is -0.273. The van der Waals surface area contributed by atoms with Crippen LogP contribution in [0.1, 0.15) is 38.5 Å². The normalized spacial score (nSPS) is 15.1. The number of hydrogen-bond donors (Lipinski definition) is 1. The Morgan fingerprint density at radius 3 is 2.52 bits per heavy atom. The standard InChI is InChI=1S/C24H28N4O4S/c1-27(19-7-3-2-4-8-19)33(31,32)20-13-11-18(12-14-20)26-23(29)15-16-28-17-25-22-10-6-5-9-21(22)24(28)30/h5-6,9-14,17,19H,2-4,7-8,15-16H2,1H3,(H,26,29). The number of amides is 1. The summed E-state index contributed by atoms with van der Waals surface area (Å²) in [4.78, 5) is 29.4. The van der Waals surface area contributed by atoms with Gasteiger partial charge in [-0.25, -0.2) is 13.4 Å². The number of para-hydroxylation sites is 1. The lowest BCUT2D eigenvalue weighted by molar-refractivity contribution is -0.116. The van der Waals surface area contributed by atoms with E-state index in [9.17, 15) is 18.0 Å². The number of fused-ring (bicyclic) bond motifs is 1. The van der Waals surface area contributed by atoms with Gasteiger partial charge in [-0.2, -0.15) is 4.31 Å². The molecule has 1 N–H and O–H groups in total. The van der Waals surface area contributed by atoms with Crippen LogP contribution in [0.15, 0.2) is 64.5 Å². The first kappa shape index (κ1) is 23.1. The number of aryl methyl sites for hydroxylation is 1. The van der Waals surface area contributed by atoms with Gasteiger partial charge >= 0.3 is 0 Å². The van der Waals surface area contributed by atoms with Crippen LogP contribution in [0.5, 0.6) is 0 Å². The predicted molar refractivity (Wildman–Crippen MR) is 128 cm³/mol. The second kappa shape index (κ2) is 9.84. The van der Waals surface area contributed by atoms with E-state index in [-0.39, 0.29) is 35.4 Å². The first-order chi connectivity index (χ1) is 15.9. The Kier molecular flexibility index (Phi) is 6.90. The number of benzene rings is 2. The minimum absolute atomic E-state index is 0.0381. The molecule has 0 radical (unpaired) electrons. The Balaban J connectivity index is 1.37. The van der Waals surface area contributed by atoms with Gasteiger partial charge in [-0.05, 0) is 49.2 Å². The van der Waals surface area contributed by atoms with Crippen LogP contribution < -0.4 is 10.9 Å². The number of nitrogens with one attached hydrogen (secondary N) is 1. The Bertz CT molecular complexity index is 1300. The van der Waals surface area contributed by atoms with Crippen LogP contribution in [0.2, 0.25) is 0 Å². The summed E-state index contributed by atoms with van der Waals surface area (Å²) < 4.78 is 28.8. The van der Waals surface area contributed by atoms with Gasteiger partial charge in [0.25, 0.3) is 5.56 Å². The molecule has 1 amide bonds. The second-order valence-electron chi connectivity index (χ2n) is 8.40. The summed E-state index contributed by atoms with van der Waals surface area (Å²) in [7, 11) is -1.93. The van der Waals surface area contributed by atoms with Crippen molar-refractivity contribution in [3.63, 3.8) is 0 Å². The van der Waals surface area contributed by atoms with Gasteiger partial charge in [-0.15, -0.1) is 0 Å². The largest absolute Gasteiger partial charge is 0.326 e. The van der Waals surface area contributed by atoms with Crippen molar-refractivity contribution in [2.45, 2.75) is 56.0 Å². The van der Waals surface area contributed by atoms with E-state index < -0.39 is 10.0 Å². The average Bonchev–Trinajstić information content (AvgIpc) is 2.84. The molecule has 8 nitrogen and oxygen atoms in total. The molecule has 2 aromatic carbocycles. The van der Waals surface area contributed by atoms with Crippen molar-refractivity contribution in [3.05, 3.63) is 65.2 Å². The molecule has 1 aliphatic rings. The van der Waals surface area contributed by atoms with Crippen LogP contribution in [0.25, 0.3) is 10.9 Å². The van der Waals surface area contributed by atoms with Crippen molar-refractivity contribution in [1.82, 2.24) is 13.9 Å². The lowest BCUT2D eigenvalue weighted by Gasteiger charge is -2.30. The third kappa shape index (κ3) is 5.15. The average molecular weight is 469 g/mol. The van der Waals surface area contributed by atoms with E-state index in [4.69, 9.17) is 0 Å². The summed E-state index contributed by atoms with van der Waals surface area (Å²) in [5.41, 5.74) is 0.931. The fraction of sp³-hybridized carbons (Fsp3) is 0.375. The Hall–Kier alpha value is -3.04. The van der Waals surface area contributed by atoms with Crippen molar-refractivity contribution in [2.24, 2.45) is 0 Å². The highest BCUT2D eigenvalue weighted by atomic mass is 32.2. The van der Waals surface area contributed by atoms with E-state index in [1.807, 2.05) is 6.07 Å². The maximum atomic E-state index is 12.9. The second-order valence-corrected chi connectivity index (χ2v) is 10.4. The molecule has 33 heavy (non-hydrogen) atoms. The highest BCUT2D eigenvalue weighted by molar-refractivity contribution is 7.89. The smallest absolute Gasteiger partial charge is 0.261 e. The third-order valence-corrected chi connectivity index (χ3v) is 8.14. The van der Waals surface area contributed by atoms with Gasteiger partial charge in [0.15, 0.2) is 0 Å². The maximum absolute atomic E-state index is 12.9. The predicted octanol–water partition coefficient (Wildman–Crippen LogP) is 3.38. The molecule has 1 aromatic heterocycles. The maximum Gasteiger partial charge on any atom is 0.261 e. The molecule has 9 heteroatoms. The molecule has 4 rings (SSSR count). The summed E-state index contributed by atoms with van der Waals surface area (Å²) in [6, 6.07) is 13.3. The van der Waals surface area contributed by atoms with Gasteiger partial charge in [-0.1, -0.05) is 31.4 Å². The molecule has 174 valence electrons. The van der Waals surface area contributed by atoms with Gasteiger partial charge < -0.3 is 5.32 Å². The van der Waals surface area contributed by atoms with E-state index in [1.54, 1.807) is 37.4 Å². The molecule has 1 heterocycles. The number of sulfonamides is 1. The number of carbonyl (C=O) groups excluding carboxylic acids is 1. The number of hydrogen-bond acceptors (Lipinski definition) is 5. The minimum atomic E-state index is -3.58. The fourth-order valence-electron chi connectivity index (χ4n) is 4.23. The Morgan fingerprint density at radius 2 is 1.79 bits per heavy atom. The minimum Gasteiger partial charge on any atom is -0.326 e. The lowest BCUT2D eigenvalue weighted by Crippen LogP contribution is -2.38. The summed E-state index contributed by atoms with van der Waals surface area (Å²) in [6.45, 7) is 0.196. The van der Waals surface area contributed by atoms with Crippen LogP contribution in [0.3, 0.4) is 0 Å². The molecule has 0 saturated heterocycles. The van der Waals surface area contributed by atoms with Crippen LogP contribution >= 0.6 is 0 Å². The summed E-state index contributed by atoms with van der Waals surface area (Å²) in [5, 5.41) is 3.27. The summed E-state index contributed by atoms with van der Waals surface area (Å²) >= 11 is 0. The molecule has 0 atom stereocenters. The van der Waals surface area contributed by atoms with Gasteiger partial charge in [0, 0.05) is 31.7 Å². The number of aromatic nitrogens is 2. The summed E-state index contributed by atoms with van der Waals surface area (Å²) in [6.07, 6.45) is 6.57. The Morgan fingerprint density at radius 1 is 1.09 bits per heavy atom. The number of anilines is 1. The highest BCUT2D eigenvalue weighted by Crippen LogP contribution is 2.27. The van der Waals surface area contributed by atoms with Crippen molar-refractivity contribution >= 4 is 32.5 Å². The van der Waals surface area contributed by atoms with Gasteiger partial charge in [0.2, 0.25) is 15.9 Å². The number of carbonyl (C=O) groups is 1. The zero-order chi connectivity index (χ0) is 23.4. The van der Waals surface area contributed by atoms with E-state index in [2.05, 4.69) is 10.3 Å². The molecule has 3 aromatic rings. The van der Waals surface area contributed by atoms with E-state index >= 15 is 0 Å². The van der Waals surface area contributed by atoms with Gasteiger partial charge in [0.05, 0.1) is 22.1 Å². The first-order valence-corrected chi connectivity index (χ1v) is 12.6. The van der Waals surface area contributed by atoms with Gasteiger partial charge in [0.1, 0.15) is 0 Å². The highest BCUT2D eigenvalue weighted by Gasteiger charge is 2.28. The third-order valence-electron chi connectivity index (χ3n) is 6.22. The van der Waals surface area contributed by atoms with E-state index in [1.165, 1.54) is 27.3 Å².